The lowest BCUT2D eigenvalue weighted by molar-refractivity contribution is -0.671. The number of carbonyl (C=O) groups is 1. The Bertz CT molecular complexity index is 641. The van der Waals surface area contributed by atoms with Crippen LogP contribution in [0.3, 0.4) is 0 Å². The molecule has 1 aromatic carbocycles. The van der Waals surface area contributed by atoms with E-state index in [2.05, 4.69) is 5.32 Å². The second-order valence-electron chi connectivity index (χ2n) is 4.77. The van der Waals surface area contributed by atoms with E-state index < -0.39 is 0 Å². The molecule has 0 aliphatic rings. The number of amides is 1. The Morgan fingerprint density at radius 3 is 2.90 bits per heavy atom. The second-order valence-corrected chi connectivity index (χ2v) is 4.77. The van der Waals surface area contributed by atoms with Crippen molar-refractivity contribution in [1.82, 2.24) is 5.32 Å². The Labute approximate surface area is 123 Å². The average molecular weight is 287 g/mol. The summed E-state index contributed by atoms with van der Waals surface area (Å²) in [6.45, 7) is 0.519. The van der Waals surface area contributed by atoms with Gasteiger partial charge in [-0.15, -0.1) is 0 Å². The van der Waals surface area contributed by atoms with E-state index in [4.69, 9.17) is 4.74 Å². The van der Waals surface area contributed by atoms with E-state index in [0.29, 0.717) is 24.3 Å². The van der Waals surface area contributed by atoms with Crippen molar-refractivity contribution in [1.29, 1.82) is 0 Å². The van der Waals surface area contributed by atoms with Gasteiger partial charge in [0.1, 0.15) is 12.6 Å². The van der Waals surface area contributed by atoms with Crippen LogP contribution < -0.4 is 14.6 Å². The topological polar surface area (TPSA) is 62.4 Å². The molecule has 0 bridgehead atoms. The molecule has 0 fully saturated rings. The number of rotatable bonds is 5. The van der Waals surface area contributed by atoms with E-state index in [1.54, 1.807) is 24.4 Å². The van der Waals surface area contributed by atoms with Gasteiger partial charge >= 0.3 is 0 Å². The molecule has 0 unspecified atom stereocenters. The number of benzene rings is 1. The number of aromatic nitrogens is 1. The van der Waals surface area contributed by atoms with Crippen LogP contribution in [0.4, 0.5) is 0 Å². The molecule has 5 heteroatoms. The van der Waals surface area contributed by atoms with Gasteiger partial charge in [-0.2, -0.15) is 0 Å². The summed E-state index contributed by atoms with van der Waals surface area (Å²) in [7, 11) is 3.38. The van der Waals surface area contributed by atoms with Crippen LogP contribution in [0, 0.1) is 0 Å². The van der Waals surface area contributed by atoms with Crippen molar-refractivity contribution in [3.05, 3.63) is 53.9 Å². The number of nitrogens with one attached hydrogen (secondary N) is 1. The van der Waals surface area contributed by atoms with E-state index in [9.17, 15) is 9.90 Å². The summed E-state index contributed by atoms with van der Waals surface area (Å²) in [6, 6.07) is 8.78. The van der Waals surface area contributed by atoms with Crippen molar-refractivity contribution in [2.24, 2.45) is 7.05 Å². The van der Waals surface area contributed by atoms with E-state index in [1.807, 2.05) is 29.9 Å². The summed E-state index contributed by atoms with van der Waals surface area (Å²) in [5.74, 6) is 0.452. The van der Waals surface area contributed by atoms with Crippen LogP contribution in [0.5, 0.6) is 11.5 Å². The molecular formula is C16H19N2O3+. The first-order valence-electron chi connectivity index (χ1n) is 6.69. The van der Waals surface area contributed by atoms with Crippen molar-refractivity contribution in [2.75, 3.05) is 13.7 Å². The molecule has 0 aliphatic carbocycles. The van der Waals surface area contributed by atoms with E-state index in [-0.39, 0.29) is 11.7 Å². The van der Waals surface area contributed by atoms with Crippen LogP contribution in [0.1, 0.15) is 15.9 Å². The summed E-state index contributed by atoms with van der Waals surface area (Å²) in [5, 5.41) is 12.4. The van der Waals surface area contributed by atoms with Gasteiger partial charge < -0.3 is 15.2 Å². The molecule has 2 N–H and O–H groups in total. The molecule has 0 aliphatic heterocycles. The highest BCUT2D eigenvalue weighted by molar-refractivity contribution is 5.93. The fraction of sp³-hybridized carbons (Fsp3) is 0.250. The van der Waals surface area contributed by atoms with E-state index >= 15 is 0 Å². The van der Waals surface area contributed by atoms with Gasteiger partial charge in [0.05, 0.1) is 7.11 Å². The summed E-state index contributed by atoms with van der Waals surface area (Å²) >= 11 is 0. The lowest BCUT2D eigenvalue weighted by atomic mass is 10.1. The largest absolute Gasteiger partial charge is 0.504 e. The lowest BCUT2D eigenvalue weighted by Gasteiger charge is -2.07. The van der Waals surface area contributed by atoms with Crippen molar-refractivity contribution >= 4 is 5.91 Å². The molecule has 110 valence electrons. The van der Waals surface area contributed by atoms with Gasteiger partial charge in [-0.1, -0.05) is 6.07 Å². The minimum atomic E-state index is -0.100. The maximum absolute atomic E-state index is 12.0. The predicted octanol–water partition coefficient (Wildman–Crippen LogP) is 1.20. The monoisotopic (exact) mass is 287 g/mol. The molecule has 1 aromatic heterocycles. The molecule has 0 saturated carbocycles. The summed E-state index contributed by atoms with van der Waals surface area (Å²) in [4.78, 5) is 12.0. The van der Waals surface area contributed by atoms with Gasteiger partial charge in [0.25, 0.3) is 5.91 Å². The number of pyridine rings is 1. The fourth-order valence-corrected chi connectivity index (χ4v) is 2.02. The Morgan fingerprint density at radius 2 is 2.19 bits per heavy atom. The normalized spacial score (nSPS) is 10.2. The minimum absolute atomic E-state index is 0.100. The van der Waals surface area contributed by atoms with Crippen molar-refractivity contribution in [3.63, 3.8) is 0 Å². The molecule has 1 amide bonds. The molecule has 0 radical (unpaired) electrons. The first kappa shape index (κ1) is 14.8. The number of aromatic hydroxyl groups is 1. The maximum Gasteiger partial charge on any atom is 0.257 e. The zero-order valence-electron chi connectivity index (χ0n) is 12.2. The third-order valence-corrected chi connectivity index (χ3v) is 3.15. The average Bonchev–Trinajstić information content (AvgIpc) is 2.48. The zero-order chi connectivity index (χ0) is 15.2. The number of nitrogens with zero attached hydrogens (tertiary/aromatic N) is 1. The summed E-state index contributed by atoms with van der Waals surface area (Å²) < 4.78 is 6.89. The van der Waals surface area contributed by atoms with Gasteiger partial charge in [-0.3, -0.25) is 4.79 Å². The molecule has 0 spiro atoms. The lowest BCUT2D eigenvalue weighted by Crippen LogP contribution is -2.31. The van der Waals surface area contributed by atoms with E-state index in [0.717, 1.165) is 5.56 Å². The third kappa shape index (κ3) is 3.95. The van der Waals surface area contributed by atoms with Gasteiger partial charge in [0.15, 0.2) is 23.9 Å². The Morgan fingerprint density at radius 1 is 1.38 bits per heavy atom. The standard InChI is InChI=1S/C16H18N2O3/c1-18-9-3-4-13(11-18)16(20)17-8-7-12-5-6-14(19)15(10-12)21-2/h3-6,9-11H,7-8H2,1-2H3,(H-,17,19,20)/p+1. The number of carbonyl (C=O) groups excluding carboxylic acids is 1. The van der Waals surface area contributed by atoms with Gasteiger partial charge in [-0.25, -0.2) is 4.57 Å². The smallest absolute Gasteiger partial charge is 0.257 e. The highest BCUT2D eigenvalue weighted by atomic mass is 16.5. The first-order chi connectivity index (χ1) is 10.1. The molecule has 2 aromatic rings. The summed E-state index contributed by atoms with van der Waals surface area (Å²) in [6.07, 6.45) is 4.32. The predicted molar refractivity (Wildman–Crippen MR) is 78.3 cm³/mol. The van der Waals surface area contributed by atoms with Crippen LogP contribution in [-0.4, -0.2) is 24.7 Å². The first-order valence-corrected chi connectivity index (χ1v) is 6.69. The van der Waals surface area contributed by atoms with Crippen molar-refractivity contribution in [3.8, 4) is 11.5 Å². The fourth-order valence-electron chi connectivity index (χ4n) is 2.02. The van der Waals surface area contributed by atoms with Crippen LogP contribution in [0.15, 0.2) is 42.7 Å². The number of methoxy groups -OCH3 is 1. The SMILES string of the molecule is COc1cc(CCNC(=O)c2ccc[n+](C)c2)ccc1O. The highest BCUT2D eigenvalue weighted by Gasteiger charge is 2.08. The van der Waals surface area contributed by atoms with Gasteiger partial charge in [0.2, 0.25) is 0 Å². The number of ether oxygens (including phenoxy) is 1. The minimum Gasteiger partial charge on any atom is -0.504 e. The number of aryl methyl sites for hydroxylation is 1. The highest BCUT2D eigenvalue weighted by Crippen LogP contribution is 2.26. The quantitative estimate of drug-likeness (QED) is 0.812. The number of phenols is 1. The molecule has 0 saturated heterocycles. The molecule has 5 nitrogen and oxygen atoms in total. The molecular weight excluding hydrogens is 268 g/mol. The summed E-state index contributed by atoms with van der Waals surface area (Å²) in [5.41, 5.74) is 1.62. The molecule has 21 heavy (non-hydrogen) atoms. The third-order valence-electron chi connectivity index (χ3n) is 3.15. The second kappa shape index (κ2) is 6.74. The number of phenolic OH excluding ortho intramolecular Hbond substituents is 1. The number of hydrogen-bond donors (Lipinski definition) is 2. The zero-order valence-corrected chi connectivity index (χ0v) is 12.2. The Kier molecular flexibility index (Phi) is 4.77. The van der Waals surface area contributed by atoms with Crippen LogP contribution in [0.25, 0.3) is 0 Å². The van der Waals surface area contributed by atoms with Crippen LogP contribution in [-0.2, 0) is 13.5 Å². The Hall–Kier alpha value is -2.56. The molecule has 1 heterocycles. The molecule has 0 atom stereocenters. The van der Waals surface area contributed by atoms with Crippen molar-refractivity contribution < 1.29 is 19.2 Å². The van der Waals surface area contributed by atoms with Crippen LogP contribution >= 0.6 is 0 Å². The maximum atomic E-state index is 12.0. The van der Waals surface area contributed by atoms with Crippen LogP contribution in [0.2, 0.25) is 0 Å². The Balaban J connectivity index is 1.91. The van der Waals surface area contributed by atoms with Gasteiger partial charge in [-0.05, 0) is 30.2 Å². The van der Waals surface area contributed by atoms with Crippen molar-refractivity contribution in [2.45, 2.75) is 6.42 Å². The number of hydrogen-bond acceptors (Lipinski definition) is 3. The molecule has 2 rings (SSSR count). The van der Waals surface area contributed by atoms with Gasteiger partial charge in [0, 0.05) is 12.6 Å². The van der Waals surface area contributed by atoms with E-state index in [1.165, 1.54) is 7.11 Å².